The summed E-state index contributed by atoms with van der Waals surface area (Å²) in [7, 11) is 3.23. The van der Waals surface area contributed by atoms with Crippen LogP contribution >= 0.6 is 0 Å². The maximum Gasteiger partial charge on any atom is 0.262 e. The van der Waals surface area contributed by atoms with Crippen molar-refractivity contribution in [3.05, 3.63) is 65.1 Å². The van der Waals surface area contributed by atoms with Gasteiger partial charge in [-0.3, -0.25) is 9.36 Å². The second-order valence-corrected chi connectivity index (χ2v) is 4.64. The van der Waals surface area contributed by atoms with Crippen molar-refractivity contribution < 1.29 is 9.47 Å². The fourth-order valence-electron chi connectivity index (χ4n) is 2.30. The molecule has 0 N–H and O–H groups in total. The molecule has 3 aromatic rings. The van der Waals surface area contributed by atoms with Gasteiger partial charge in [0.2, 0.25) is 0 Å². The van der Waals surface area contributed by atoms with E-state index in [-0.39, 0.29) is 5.56 Å². The summed E-state index contributed by atoms with van der Waals surface area (Å²) in [5.41, 5.74) is 0.749. The van der Waals surface area contributed by atoms with Crippen LogP contribution < -0.4 is 15.0 Å². The Labute approximate surface area is 122 Å². The van der Waals surface area contributed by atoms with Gasteiger partial charge in [0.15, 0.2) is 0 Å². The van der Waals surface area contributed by atoms with Crippen LogP contribution in [-0.2, 0) is 0 Å². The number of hydrogen-bond donors (Lipinski definition) is 0. The molecule has 4 heteroatoms. The Bertz CT molecular complexity index is 835. The number of pyridine rings is 1. The van der Waals surface area contributed by atoms with E-state index in [0.29, 0.717) is 5.39 Å². The first-order valence-electron chi connectivity index (χ1n) is 6.57. The van der Waals surface area contributed by atoms with Gasteiger partial charge in [0.1, 0.15) is 11.5 Å². The van der Waals surface area contributed by atoms with Crippen LogP contribution in [0, 0.1) is 0 Å². The van der Waals surface area contributed by atoms with E-state index in [2.05, 4.69) is 0 Å². The van der Waals surface area contributed by atoms with Crippen LogP contribution in [0.25, 0.3) is 16.5 Å². The zero-order valence-corrected chi connectivity index (χ0v) is 11.9. The first-order chi connectivity index (χ1) is 10.2. The highest BCUT2D eigenvalue weighted by Gasteiger charge is 2.06. The maximum atomic E-state index is 12.6. The molecule has 3 rings (SSSR count). The monoisotopic (exact) mass is 281 g/mol. The number of ether oxygens (including phenoxy) is 2. The summed E-state index contributed by atoms with van der Waals surface area (Å²) in [6.07, 6.45) is 1.77. The molecule has 0 saturated carbocycles. The molecule has 0 aliphatic carbocycles. The van der Waals surface area contributed by atoms with Gasteiger partial charge in [-0.05, 0) is 53.9 Å². The molecule has 2 aromatic carbocycles. The van der Waals surface area contributed by atoms with Crippen molar-refractivity contribution in [2.45, 2.75) is 0 Å². The van der Waals surface area contributed by atoms with E-state index in [0.717, 1.165) is 22.6 Å². The number of methoxy groups -OCH3 is 2. The zero-order chi connectivity index (χ0) is 14.8. The molecule has 0 spiro atoms. The molecular formula is C17H15NO3. The van der Waals surface area contributed by atoms with Crippen LogP contribution in [0.2, 0.25) is 0 Å². The minimum Gasteiger partial charge on any atom is -0.497 e. The normalized spacial score (nSPS) is 10.6. The average Bonchev–Trinajstić information content (AvgIpc) is 2.55. The molecule has 0 amide bonds. The molecule has 0 aliphatic heterocycles. The van der Waals surface area contributed by atoms with Gasteiger partial charge in [-0.15, -0.1) is 0 Å². The van der Waals surface area contributed by atoms with E-state index in [1.807, 2.05) is 36.4 Å². The smallest absolute Gasteiger partial charge is 0.262 e. The van der Waals surface area contributed by atoms with Crippen LogP contribution in [0.5, 0.6) is 11.5 Å². The number of fused-ring (bicyclic) bond motifs is 1. The Morgan fingerprint density at radius 2 is 1.52 bits per heavy atom. The third-order valence-electron chi connectivity index (χ3n) is 3.46. The molecule has 21 heavy (non-hydrogen) atoms. The molecule has 0 unspecified atom stereocenters. The van der Waals surface area contributed by atoms with Crippen LogP contribution in [0.4, 0.5) is 0 Å². The first-order valence-corrected chi connectivity index (χ1v) is 6.57. The van der Waals surface area contributed by atoms with Gasteiger partial charge in [0.25, 0.3) is 5.56 Å². The summed E-state index contributed by atoms with van der Waals surface area (Å²) < 4.78 is 11.9. The van der Waals surface area contributed by atoms with E-state index in [4.69, 9.17) is 9.47 Å². The standard InChI is InChI=1S/C17H15NO3/c1-20-14-5-3-13(4-6-14)18-10-9-12-11-15(21-2)7-8-16(12)17(18)19/h3-11H,1-2H3. The summed E-state index contributed by atoms with van der Waals surface area (Å²) in [5.74, 6) is 1.50. The first kappa shape index (κ1) is 13.2. The summed E-state index contributed by atoms with van der Waals surface area (Å²) in [6.45, 7) is 0. The number of rotatable bonds is 3. The average molecular weight is 281 g/mol. The number of hydrogen-bond acceptors (Lipinski definition) is 3. The largest absolute Gasteiger partial charge is 0.497 e. The van der Waals surface area contributed by atoms with E-state index >= 15 is 0 Å². The van der Waals surface area contributed by atoms with Crippen molar-refractivity contribution in [2.75, 3.05) is 14.2 Å². The van der Waals surface area contributed by atoms with Gasteiger partial charge in [-0.25, -0.2) is 0 Å². The molecule has 1 aromatic heterocycles. The minimum absolute atomic E-state index is 0.0553. The predicted octanol–water partition coefficient (Wildman–Crippen LogP) is 3.01. The highest BCUT2D eigenvalue weighted by Crippen LogP contribution is 2.19. The summed E-state index contributed by atoms with van der Waals surface area (Å²) >= 11 is 0. The lowest BCUT2D eigenvalue weighted by Crippen LogP contribution is -2.17. The molecular weight excluding hydrogens is 266 g/mol. The third kappa shape index (κ3) is 2.36. The summed E-state index contributed by atoms with van der Waals surface area (Å²) in [6, 6.07) is 14.7. The Morgan fingerprint density at radius 3 is 2.19 bits per heavy atom. The lowest BCUT2D eigenvalue weighted by Gasteiger charge is -2.09. The van der Waals surface area contributed by atoms with Crippen molar-refractivity contribution in [1.82, 2.24) is 4.57 Å². The lowest BCUT2D eigenvalue weighted by atomic mass is 10.1. The molecule has 0 saturated heterocycles. The Kier molecular flexibility index (Phi) is 3.36. The van der Waals surface area contributed by atoms with E-state index in [1.54, 1.807) is 37.1 Å². The Morgan fingerprint density at radius 1 is 0.857 bits per heavy atom. The highest BCUT2D eigenvalue weighted by molar-refractivity contribution is 5.83. The summed E-state index contributed by atoms with van der Waals surface area (Å²) in [5, 5.41) is 1.53. The fourth-order valence-corrected chi connectivity index (χ4v) is 2.30. The van der Waals surface area contributed by atoms with Gasteiger partial charge in [-0.1, -0.05) is 0 Å². The van der Waals surface area contributed by atoms with Gasteiger partial charge in [0, 0.05) is 17.3 Å². The molecule has 0 radical (unpaired) electrons. The van der Waals surface area contributed by atoms with E-state index in [9.17, 15) is 4.79 Å². The SMILES string of the molecule is COc1ccc(-n2ccc3cc(OC)ccc3c2=O)cc1. The van der Waals surface area contributed by atoms with Gasteiger partial charge in [-0.2, -0.15) is 0 Å². The fraction of sp³-hybridized carbons (Fsp3) is 0.118. The maximum absolute atomic E-state index is 12.6. The lowest BCUT2D eigenvalue weighted by molar-refractivity contribution is 0.414. The summed E-state index contributed by atoms with van der Waals surface area (Å²) in [4.78, 5) is 12.6. The van der Waals surface area contributed by atoms with Crippen molar-refractivity contribution in [3.8, 4) is 17.2 Å². The van der Waals surface area contributed by atoms with Crippen molar-refractivity contribution in [2.24, 2.45) is 0 Å². The molecule has 1 heterocycles. The van der Waals surface area contributed by atoms with Crippen LogP contribution in [0.1, 0.15) is 0 Å². The van der Waals surface area contributed by atoms with Crippen LogP contribution in [0.15, 0.2) is 59.5 Å². The molecule has 4 nitrogen and oxygen atoms in total. The second-order valence-electron chi connectivity index (χ2n) is 4.64. The number of benzene rings is 2. The quantitative estimate of drug-likeness (QED) is 0.741. The minimum atomic E-state index is -0.0553. The topological polar surface area (TPSA) is 40.5 Å². The predicted molar refractivity (Wildman–Crippen MR) is 82.6 cm³/mol. The number of aromatic nitrogens is 1. The van der Waals surface area contributed by atoms with Crippen molar-refractivity contribution >= 4 is 10.8 Å². The number of nitrogens with zero attached hydrogens (tertiary/aromatic N) is 1. The molecule has 0 aliphatic rings. The second kappa shape index (κ2) is 5.32. The van der Waals surface area contributed by atoms with Gasteiger partial charge < -0.3 is 9.47 Å². The Balaban J connectivity index is 2.15. The molecule has 0 bridgehead atoms. The third-order valence-corrected chi connectivity index (χ3v) is 3.46. The van der Waals surface area contributed by atoms with Crippen molar-refractivity contribution in [1.29, 1.82) is 0 Å². The van der Waals surface area contributed by atoms with Crippen LogP contribution in [0.3, 0.4) is 0 Å². The zero-order valence-electron chi connectivity index (χ0n) is 11.9. The van der Waals surface area contributed by atoms with Gasteiger partial charge >= 0.3 is 0 Å². The molecule has 0 atom stereocenters. The molecule has 0 fully saturated rings. The Hall–Kier alpha value is -2.75. The molecule has 106 valence electrons. The highest BCUT2D eigenvalue weighted by atomic mass is 16.5. The van der Waals surface area contributed by atoms with Gasteiger partial charge in [0.05, 0.1) is 14.2 Å². The van der Waals surface area contributed by atoms with Crippen molar-refractivity contribution in [3.63, 3.8) is 0 Å². The van der Waals surface area contributed by atoms with E-state index in [1.165, 1.54) is 0 Å². The van der Waals surface area contributed by atoms with Crippen LogP contribution in [-0.4, -0.2) is 18.8 Å². The van der Waals surface area contributed by atoms with E-state index < -0.39 is 0 Å².